The van der Waals surface area contributed by atoms with Crippen LogP contribution in [0.4, 0.5) is 0 Å². The standard InChI is InChI=1S/C14H20N2O4S/c1-3-4-14(18)12-5-7-13(8-6-12)21(19,20)16-10-9-15-11(2)17/h5-8,16H,3-4,9-10H2,1-2H3,(H,15,17). The molecule has 0 unspecified atom stereocenters. The molecule has 7 heteroatoms. The van der Waals surface area contributed by atoms with Gasteiger partial charge in [0.05, 0.1) is 4.90 Å². The third kappa shape index (κ3) is 5.65. The average molecular weight is 312 g/mol. The topological polar surface area (TPSA) is 92.3 Å². The van der Waals surface area contributed by atoms with Crippen molar-refractivity contribution in [1.29, 1.82) is 0 Å². The third-order valence-corrected chi connectivity index (χ3v) is 4.23. The number of benzene rings is 1. The van der Waals surface area contributed by atoms with Gasteiger partial charge in [-0.2, -0.15) is 0 Å². The van der Waals surface area contributed by atoms with Crippen molar-refractivity contribution in [3.05, 3.63) is 29.8 Å². The molecule has 6 nitrogen and oxygen atoms in total. The molecule has 0 bridgehead atoms. The first-order valence-electron chi connectivity index (χ1n) is 6.74. The molecule has 0 radical (unpaired) electrons. The molecule has 0 saturated carbocycles. The van der Waals surface area contributed by atoms with Crippen LogP contribution >= 0.6 is 0 Å². The van der Waals surface area contributed by atoms with E-state index in [-0.39, 0.29) is 29.7 Å². The molecule has 0 aromatic heterocycles. The molecule has 0 atom stereocenters. The minimum atomic E-state index is -3.63. The zero-order chi connectivity index (χ0) is 15.9. The van der Waals surface area contributed by atoms with Gasteiger partial charge in [-0.25, -0.2) is 13.1 Å². The Morgan fingerprint density at radius 2 is 1.71 bits per heavy atom. The molecule has 0 fully saturated rings. The fourth-order valence-corrected chi connectivity index (χ4v) is 2.73. The Morgan fingerprint density at radius 3 is 2.24 bits per heavy atom. The van der Waals surface area contributed by atoms with Crippen molar-refractivity contribution in [3.63, 3.8) is 0 Å². The molecule has 1 aromatic carbocycles. The molecule has 1 rings (SSSR count). The second kappa shape index (κ2) is 7.90. The SMILES string of the molecule is CCCC(=O)c1ccc(S(=O)(=O)NCCNC(C)=O)cc1. The Hall–Kier alpha value is -1.73. The van der Waals surface area contributed by atoms with Crippen molar-refractivity contribution in [2.45, 2.75) is 31.6 Å². The molecule has 0 saturated heterocycles. The number of carbonyl (C=O) groups excluding carboxylic acids is 2. The van der Waals surface area contributed by atoms with Gasteiger partial charge >= 0.3 is 0 Å². The highest BCUT2D eigenvalue weighted by Gasteiger charge is 2.14. The summed E-state index contributed by atoms with van der Waals surface area (Å²) in [5.41, 5.74) is 0.508. The van der Waals surface area contributed by atoms with E-state index in [2.05, 4.69) is 10.0 Å². The molecule has 0 aliphatic heterocycles. The number of carbonyl (C=O) groups is 2. The van der Waals surface area contributed by atoms with Gasteiger partial charge in [0.2, 0.25) is 15.9 Å². The summed E-state index contributed by atoms with van der Waals surface area (Å²) < 4.78 is 26.3. The maximum absolute atomic E-state index is 12.0. The number of hydrogen-bond acceptors (Lipinski definition) is 4. The van der Waals surface area contributed by atoms with Gasteiger partial charge in [0, 0.05) is 32.0 Å². The maximum Gasteiger partial charge on any atom is 0.240 e. The van der Waals surface area contributed by atoms with Crippen molar-refractivity contribution < 1.29 is 18.0 Å². The largest absolute Gasteiger partial charge is 0.355 e. The summed E-state index contributed by atoms with van der Waals surface area (Å²) in [6.07, 6.45) is 1.20. The molecule has 1 aromatic rings. The molecule has 116 valence electrons. The van der Waals surface area contributed by atoms with E-state index in [1.54, 1.807) is 0 Å². The predicted molar refractivity (Wildman–Crippen MR) is 79.6 cm³/mol. The van der Waals surface area contributed by atoms with Gasteiger partial charge in [0.1, 0.15) is 0 Å². The lowest BCUT2D eigenvalue weighted by Gasteiger charge is -2.07. The van der Waals surface area contributed by atoms with Gasteiger partial charge in [0.25, 0.3) is 0 Å². The van der Waals surface area contributed by atoms with Gasteiger partial charge in [0.15, 0.2) is 5.78 Å². The van der Waals surface area contributed by atoms with Crippen molar-refractivity contribution in [2.24, 2.45) is 0 Å². The summed E-state index contributed by atoms with van der Waals surface area (Å²) in [6, 6.07) is 5.84. The quantitative estimate of drug-likeness (QED) is 0.555. The number of hydrogen-bond donors (Lipinski definition) is 2. The zero-order valence-electron chi connectivity index (χ0n) is 12.2. The Bertz CT molecular complexity index is 594. The van der Waals surface area contributed by atoms with Gasteiger partial charge < -0.3 is 5.32 Å². The molecule has 2 N–H and O–H groups in total. The zero-order valence-corrected chi connectivity index (χ0v) is 13.0. The van der Waals surface area contributed by atoms with Crippen molar-refractivity contribution in [3.8, 4) is 0 Å². The minimum Gasteiger partial charge on any atom is -0.355 e. The highest BCUT2D eigenvalue weighted by molar-refractivity contribution is 7.89. The van der Waals surface area contributed by atoms with Crippen LogP contribution in [0.15, 0.2) is 29.2 Å². The van der Waals surface area contributed by atoms with E-state index in [1.165, 1.54) is 31.2 Å². The lowest BCUT2D eigenvalue weighted by atomic mass is 10.1. The molecule has 21 heavy (non-hydrogen) atoms. The second-order valence-corrected chi connectivity index (χ2v) is 6.35. The lowest BCUT2D eigenvalue weighted by molar-refractivity contribution is -0.118. The molecule has 0 spiro atoms. The molecule has 0 aliphatic rings. The smallest absolute Gasteiger partial charge is 0.240 e. The fourth-order valence-electron chi connectivity index (χ4n) is 1.70. The minimum absolute atomic E-state index is 0.0000605. The fraction of sp³-hybridized carbons (Fsp3) is 0.429. The number of sulfonamides is 1. The van der Waals surface area contributed by atoms with Crippen LogP contribution in [0.5, 0.6) is 0 Å². The van der Waals surface area contributed by atoms with Crippen LogP contribution in [0.3, 0.4) is 0 Å². The van der Waals surface area contributed by atoms with Crippen LogP contribution in [-0.2, 0) is 14.8 Å². The third-order valence-electron chi connectivity index (χ3n) is 2.75. The summed E-state index contributed by atoms with van der Waals surface area (Å²) in [5.74, 6) is -0.215. The average Bonchev–Trinajstić information content (AvgIpc) is 2.44. The second-order valence-electron chi connectivity index (χ2n) is 4.58. The summed E-state index contributed by atoms with van der Waals surface area (Å²) in [5, 5.41) is 2.50. The van der Waals surface area contributed by atoms with E-state index in [4.69, 9.17) is 0 Å². The first kappa shape index (κ1) is 17.3. The summed E-state index contributed by atoms with van der Waals surface area (Å²) in [4.78, 5) is 22.4. The van der Waals surface area contributed by atoms with E-state index in [9.17, 15) is 18.0 Å². The Labute approximate surface area is 125 Å². The van der Waals surface area contributed by atoms with Gasteiger partial charge in [-0.15, -0.1) is 0 Å². The number of amides is 1. The van der Waals surface area contributed by atoms with Crippen LogP contribution in [0, 0.1) is 0 Å². The Morgan fingerprint density at radius 1 is 1.10 bits per heavy atom. The number of rotatable bonds is 8. The molecule has 0 heterocycles. The Kier molecular flexibility index (Phi) is 6.51. The van der Waals surface area contributed by atoms with Gasteiger partial charge in [-0.1, -0.05) is 19.1 Å². The van der Waals surface area contributed by atoms with E-state index < -0.39 is 10.0 Å². The monoisotopic (exact) mass is 312 g/mol. The van der Waals surface area contributed by atoms with Gasteiger partial charge in [-0.3, -0.25) is 9.59 Å². The van der Waals surface area contributed by atoms with E-state index in [0.717, 1.165) is 6.42 Å². The molecule has 1 amide bonds. The van der Waals surface area contributed by atoms with Crippen LogP contribution < -0.4 is 10.0 Å². The van der Waals surface area contributed by atoms with Crippen LogP contribution in [0.2, 0.25) is 0 Å². The van der Waals surface area contributed by atoms with Gasteiger partial charge in [-0.05, 0) is 18.6 Å². The summed E-state index contributed by atoms with van der Waals surface area (Å²) >= 11 is 0. The van der Waals surface area contributed by atoms with E-state index in [1.807, 2.05) is 6.92 Å². The Balaban J connectivity index is 2.67. The molecular formula is C14H20N2O4S. The van der Waals surface area contributed by atoms with E-state index in [0.29, 0.717) is 12.0 Å². The number of Topliss-reactive ketones (excluding diaryl/α,β-unsaturated/α-hetero) is 1. The lowest BCUT2D eigenvalue weighted by Crippen LogP contribution is -2.33. The van der Waals surface area contributed by atoms with Crippen molar-refractivity contribution >= 4 is 21.7 Å². The van der Waals surface area contributed by atoms with Crippen LogP contribution in [-0.4, -0.2) is 33.2 Å². The highest BCUT2D eigenvalue weighted by atomic mass is 32.2. The number of nitrogens with one attached hydrogen (secondary N) is 2. The number of ketones is 1. The van der Waals surface area contributed by atoms with Crippen molar-refractivity contribution in [2.75, 3.05) is 13.1 Å². The van der Waals surface area contributed by atoms with Crippen LogP contribution in [0.1, 0.15) is 37.0 Å². The summed E-state index contributed by atoms with van der Waals surface area (Å²) in [7, 11) is -3.63. The van der Waals surface area contributed by atoms with E-state index >= 15 is 0 Å². The molecule has 0 aliphatic carbocycles. The normalized spacial score (nSPS) is 11.1. The first-order chi connectivity index (χ1) is 9.86. The highest BCUT2D eigenvalue weighted by Crippen LogP contribution is 2.12. The predicted octanol–water partition coefficient (Wildman–Crippen LogP) is 1.08. The first-order valence-corrected chi connectivity index (χ1v) is 8.22. The maximum atomic E-state index is 12.0. The summed E-state index contributed by atoms with van der Waals surface area (Å²) in [6.45, 7) is 3.61. The van der Waals surface area contributed by atoms with Crippen molar-refractivity contribution in [1.82, 2.24) is 10.0 Å². The molecular weight excluding hydrogens is 292 g/mol. The van der Waals surface area contributed by atoms with Crippen LogP contribution in [0.25, 0.3) is 0 Å².